The molecule has 1 aromatic carbocycles. The number of cyclic esters (lactones) is 1. The summed E-state index contributed by atoms with van der Waals surface area (Å²) in [5, 5.41) is 0. The molecule has 2 nitrogen and oxygen atoms in total. The maximum Gasteiger partial charge on any atom is 0.314 e. The van der Waals surface area contributed by atoms with Gasteiger partial charge in [-0.3, -0.25) is 4.79 Å². The molecule has 2 rings (SSSR count). The minimum absolute atomic E-state index is 0.0162. The molecule has 0 aliphatic carbocycles. The van der Waals surface area contributed by atoms with E-state index in [9.17, 15) is 4.79 Å². The third-order valence-electron chi connectivity index (χ3n) is 2.75. The van der Waals surface area contributed by atoms with Gasteiger partial charge >= 0.3 is 5.97 Å². The van der Waals surface area contributed by atoms with Crippen LogP contribution in [0.15, 0.2) is 40.2 Å². The van der Waals surface area contributed by atoms with Crippen molar-refractivity contribution in [2.45, 2.75) is 19.3 Å². The fourth-order valence-electron chi connectivity index (χ4n) is 1.86. The molecule has 0 spiro atoms. The van der Waals surface area contributed by atoms with Crippen LogP contribution in [-0.4, -0.2) is 5.97 Å². The Balaban J connectivity index is 2.00. The van der Waals surface area contributed by atoms with Gasteiger partial charge in [0.2, 0.25) is 0 Å². The second-order valence-corrected chi connectivity index (χ2v) is 4.54. The number of halogens is 1. The molecule has 0 N–H and O–H groups in total. The number of carbonyl (C=O) groups excluding carboxylic acids is 1. The largest absolute Gasteiger partial charge is 0.430 e. The number of hydrogen-bond acceptors (Lipinski definition) is 2. The van der Waals surface area contributed by atoms with E-state index in [-0.39, 0.29) is 11.9 Å². The predicted octanol–water partition coefficient (Wildman–Crippen LogP) is 3.46. The molecule has 1 heterocycles. The Morgan fingerprint density at radius 3 is 2.75 bits per heavy atom. The lowest BCUT2D eigenvalue weighted by Crippen LogP contribution is -2.24. The van der Waals surface area contributed by atoms with Crippen LogP contribution < -0.4 is 0 Å². The zero-order valence-electron chi connectivity index (χ0n) is 8.86. The highest BCUT2D eigenvalue weighted by Crippen LogP contribution is 2.26. The highest BCUT2D eigenvalue weighted by atomic mass is 127. The number of carbonyl (C=O) groups is 1. The fourth-order valence-corrected chi connectivity index (χ4v) is 2.30. The van der Waals surface area contributed by atoms with Crippen molar-refractivity contribution in [3.05, 3.63) is 45.7 Å². The molecule has 84 valence electrons. The first-order valence-electron chi connectivity index (χ1n) is 5.34. The summed E-state index contributed by atoms with van der Waals surface area (Å²) in [5.41, 5.74) is 1.20. The van der Waals surface area contributed by atoms with Gasteiger partial charge in [0.05, 0.1) is 5.92 Å². The molecule has 0 saturated carbocycles. The molecule has 1 fully saturated rings. The Labute approximate surface area is 109 Å². The Bertz CT molecular complexity index is 398. The molecule has 3 heteroatoms. The minimum atomic E-state index is -0.0852. The summed E-state index contributed by atoms with van der Waals surface area (Å²) in [6.45, 7) is 0. The third kappa shape index (κ3) is 2.84. The quantitative estimate of drug-likeness (QED) is 0.614. The zero-order valence-corrected chi connectivity index (χ0v) is 11.0. The zero-order chi connectivity index (χ0) is 11.4. The van der Waals surface area contributed by atoms with E-state index >= 15 is 0 Å². The smallest absolute Gasteiger partial charge is 0.314 e. The summed E-state index contributed by atoms with van der Waals surface area (Å²) in [6.07, 6.45) is 2.54. The van der Waals surface area contributed by atoms with Crippen LogP contribution in [0.2, 0.25) is 0 Å². The van der Waals surface area contributed by atoms with E-state index < -0.39 is 0 Å². The second kappa shape index (κ2) is 5.48. The highest BCUT2D eigenvalue weighted by Gasteiger charge is 2.26. The molecule has 1 saturated heterocycles. The first-order valence-corrected chi connectivity index (χ1v) is 6.59. The lowest BCUT2D eigenvalue weighted by Gasteiger charge is -2.22. The van der Waals surface area contributed by atoms with Crippen molar-refractivity contribution in [2.24, 2.45) is 5.92 Å². The average molecular weight is 328 g/mol. The van der Waals surface area contributed by atoms with Crippen molar-refractivity contribution in [3.63, 3.8) is 0 Å². The molecule has 1 aliphatic rings. The Morgan fingerprint density at radius 1 is 1.38 bits per heavy atom. The minimum Gasteiger partial charge on any atom is -0.430 e. The SMILES string of the molecule is O=C1O/C(=C/I)CCC1Cc1ccccc1. The van der Waals surface area contributed by atoms with Gasteiger partial charge in [-0.05, 0) is 41.0 Å². The maximum atomic E-state index is 11.7. The van der Waals surface area contributed by atoms with E-state index in [0.29, 0.717) is 0 Å². The molecule has 0 radical (unpaired) electrons. The molecule has 0 bridgehead atoms. The van der Waals surface area contributed by atoms with Crippen molar-refractivity contribution in [2.75, 3.05) is 0 Å². The van der Waals surface area contributed by atoms with Gasteiger partial charge in [0, 0.05) is 10.5 Å². The molecule has 0 amide bonds. The standard InChI is InChI=1S/C13H13IO2/c14-9-12-7-6-11(13(15)16-12)8-10-4-2-1-3-5-10/h1-5,9,11H,6-8H2/b12-9+. The van der Waals surface area contributed by atoms with E-state index in [1.54, 1.807) is 0 Å². The van der Waals surface area contributed by atoms with Crippen molar-refractivity contribution >= 4 is 28.6 Å². The van der Waals surface area contributed by atoms with Crippen molar-refractivity contribution < 1.29 is 9.53 Å². The van der Waals surface area contributed by atoms with Crippen LogP contribution in [0.25, 0.3) is 0 Å². The summed E-state index contributed by atoms with van der Waals surface area (Å²) in [7, 11) is 0. The van der Waals surface area contributed by atoms with Crippen LogP contribution in [-0.2, 0) is 16.0 Å². The summed E-state index contributed by atoms with van der Waals surface area (Å²) in [5.74, 6) is 0.732. The van der Waals surface area contributed by atoms with Gasteiger partial charge in [0.15, 0.2) is 0 Å². The van der Waals surface area contributed by atoms with Crippen LogP contribution >= 0.6 is 22.6 Å². The van der Waals surface area contributed by atoms with E-state index in [0.717, 1.165) is 25.0 Å². The third-order valence-corrected chi connectivity index (χ3v) is 3.45. The lowest BCUT2D eigenvalue weighted by atomic mass is 9.93. The topological polar surface area (TPSA) is 26.3 Å². The summed E-state index contributed by atoms with van der Waals surface area (Å²) < 4.78 is 7.08. The summed E-state index contributed by atoms with van der Waals surface area (Å²) >= 11 is 2.11. The molecule has 1 aromatic rings. The predicted molar refractivity (Wildman–Crippen MR) is 71.1 cm³/mol. The fraction of sp³-hybridized carbons (Fsp3) is 0.308. The average Bonchev–Trinajstić information content (AvgIpc) is 2.33. The lowest BCUT2D eigenvalue weighted by molar-refractivity contribution is -0.147. The molecule has 1 unspecified atom stereocenters. The summed E-state index contributed by atoms with van der Waals surface area (Å²) in [4.78, 5) is 11.7. The van der Waals surface area contributed by atoms with Gasteiger partial charge in [0.1, 0.15) is 5.76 Å². The van der Waals surface area contributed by atoms with E-state index in [1.807, 2.05) is 22.3 Å². The monoisotopic (exact) mass is 328 g/mol. The first kappa shape index (κ1) is 11.6. The van der Waals surface area contributed by atoms with Crippen LogP contribution in [0.5, 0.6) is 0 Å². The normalized spacial score (nSPS) is 23.2. The van der Waals surface area contributed by atoms with E-state index in [1.165, 1.54) is 5.56 Å². The molecule has 1 aliphatic heterocycles. The first-order chi connectivity index (χ1) is 7.79. The van der Waals surface area contributed by atoms with Gasteiger partial charge < -0.3 is 4.74 Å². The Kier molecular flexibility index (Phi) is 3.98. The Morgan fingerprint density at radius 2 is 2.12 bits per heavy atom. The second-order valence-electron chi connectivity index (χ2n) is 3.92. The Hall–Kier alpha value is -0.840. The molecular weight excluding hydrogens is 315 g/mol. The number of ether oxygens (including phenoxy) is 1. The van der Waals surface area contributed by atoms with Crippen molar-refractivity contribution in [3.8, 4) is 0 Å². The molecule has 16 heavy (non-hydrogen) atoms. The molecular formula is C13H13IO2. The summed E-state index contributed by atoms with van der Waals surface area (Å²) in [6, 6.07) is 10.1. The van der Waals surface area contributed by atoms with E-state index in [2.05, 4.69) is 34.7 Å². The van der Waals surface area contributed by atoms with Gasteiger partial charge in [-0.1, -0.05) is 30.3 Å². The highest BCUT2D eigenvalue weighted by molar-refractivity contribution is 14.1. The van der Waals surface area contributed by atoms with Crippen molar-refractivity contribution in [1.29, 1.82) is 0 Å². The maximum absolute atomic E-state index is 11.7. The van der Waals surface area contributed by atoms with Gasteiger partial charge in [-0.15, -0.1) is 0 Å². The van der Waals surface area contributed by atoms with Gasteiger partial charge in [0.25, 0.3) is 0 Å². The van der Waals surface area contributed by atoms with Gasteiger partial charge in [-0.2, -0.15) is 0 Å². The van der Waals surface area contributed by atoms with Gasteiger partial charge in [-0.25, -0.2) is 0 Å². The van der Waals surface area contributed by atoms with Crippen LogP contribution in [0.3, 0.4) is 0 Å². The number of rotatable bonds is 2. The van der Waals surface area contributed by atoms with E-state index in [4.69, 9.17) is 4.74 Å². The van der Waals surface area contributed by atoms with Crippen LogP contribution in [0.4, 0.5) is 0 Å². The van der Waals surface area contributed by atoms with Crippen LogP contribution in [0.1, 0.15) is 18.4 Å². The number of esters is 1. The molecule has 1 atom stereocenters. The number of allylic oxidation sites excluding steroid dienone is 1. The van der Waals surface area contributed by atoms with Crippen molar-refractivity contribution in [1.82, 2.24) is 0 Å². The number of hydrogen-bond donors (Lipinski definition) is 0. The number of benzene rings is 1. The molecule has 0 aromatic heterocycles. The van der Waals surface area contributed by atoms with Crippen LogP contribution in [0, 0.1) is 5.92 Å².